The first-order valence-corrected chi connectivity index (χ1v) is 10.4. The third kappa shape index (κ3) is 3.80. The van der Waals surface area contributed by atoms with Crippen molar-refractivity contribution in [2.45, 2.75) is 13.0 Å². The van der Waals surface area contributed by atoms with Crippen molar-refractivity contribution in [2.24, 2.45) is 7.05 Å². The summed E-state index contributed by atoms with van der Waals surface area (Å²) in [7, 11) is 1.92. The van der Waals surface area contributed by atoms with Gasteiger partial charge in [-0.15, -0.1) is 5.10 Å². The van der Waals surface area contributed by atoms with E-state index < -0.39 is 0 Å². The number of pyridine rings is 2. The van der Waals surface area contributed by atoms with E-state index in [-0.39, 0.29) is 17.9 Å². The number of fused-ring (bicyclic) bond motifs is 2. The van der Waals surface area contributed by atoms with E-state index in [1.165, 1.54) is 0 Å². The lowest BCUT2D eigenvalue weighted by atomic mass is 10.0. The molecule has 164 valence electrons. The van der Waals surface area contributed by atoms with Gasteiger partial charge in [-0.2, -0.15) is 4.98 Å². The highest BCUT2D eigenvalue weighted by Gasteiger charge is 2.18. The fourth-order valence-electron chi connectivity index (χ4n) is 3.91. The average Bonchev–Trinajstić information content (AvgIpc) is 3.39. The van der Waals surface area contributed by atoms with Crippen LogP contribution in [-0.2, 0) is 11.8 Å². The number of anilines is 1. The van der Waals surface area contributed by atoms with E-state index in [9.17, 15) is 9.59 Å². The summed E-state index contributed by atoms with van der Waals surface area (Å²) in [6.45, 7) is 1.91. The molecule has 0 aliphatic rings. The maximum atomic E-state index is 13.1. The van der Waals surface area contributed by atoms with Crippen LogP contribution in [0.1, 0.15) is 29.0 Å². The van der Waals surface area contributed by atoms with E-state index in [1.54, 1.807) is 16.9 Å². The Bertz CT molecular complexity index is 1490. The summed E-state index contributed by atoms with van der Waals surface area (Å²) < 4.78 is 3.53. The number of amides is 2. The Labute approximate surface area is 189 Å². The Morgan fingerprint density at radius 1 is 1.12 bits per heavy atom. The van der Waals surface area contributed by atoms with Crippen molar-refractivity contribution in [1.82, 2.24) is 29.5 Å². The fraction of sp³-hybridized carbons (Fsp3) is 0.125. The number of aromatic nitrogens is 5. The number of aryl methyl sites for hydroxylation is 1. The molecule has 0 saturated carbocycles. The monoisotopic (exact) mass is 439 g/mol. The predicted octanol–water partition coefficient (Wildman–Crippen LogP) is 3.34. The van der Waals surface area contributed by atoms with Gasteiger partial charge >= 0.3 is 0 Å². The number of nitrogens with zero attached hydrogens (tertiary/aromatic N) is 5. The summed E-state index contributed by atoms with van der Waals surface area (Å²) in [6.07, 6.45) is 5.88. The topological polar surface area (TPSA) is 106 Å². The third-order valence-corrected chi connectivity index (χ3v) is 5.57. The van der Waals surface area contributed by atoms with Crippen LogP contribution in [0, 0.1) is 0 Å². The predicted molar refractivity (Wildman–Crippen MR) is 125 cm³/mol. The SMILES string of the molecule is CC(NC(=O)c1cn(C)c2ccc(-c3ccn4nc(NC=O)nc4c3)cc12)c1ccccn1. The molecule has 4 heterocycles. The van der Waals surface area contributed by atoms with Gasteiger partial charge in [-0.25, -0.2) is 4.52 Å². The number of hydrogen-bond donors (Lipinski definition) is 2. The second-order valence-electron chi connectivity index (χ2n) is 7.75. The smallest absolute Gasteiger partial charge is 0.253 e. The lowest BCUT2D eigenvalue weighted by molar-refractivity contribution is -0.105. The van der Waals surface area contributed by atoms with Crippen molar-refractivity contribution in [3.8, 4) is 11.1 Å². The van der Waals surface area contributed by atoms with E-state index in [0.29, 0.717) is 17.6 Å². The van der Waals surface area contributed by atoms with Gasteiger partial charge in [-0.05, 0) is 54.4 Å². The van der Waals surface area contributed by atoms with Gasteiger partial charge in [0.25, 0.3) is 5.91 Å². The molecule has 0 bridgehead atoms. The molecule has 4 aromatic heterocycles. The van der Waals surface area contributed by atoms with Gasteiger partial charge in [-0.1, -0.05) is 12.1 Å². The summed E-state index contributed by atoms with van der Waals surface area (Å²) in [5.41, 5.74) is 4.82. The zero-order chi connectivity index (χ0) is 22.9. The average molecular weight is 439 g/mol. The van der Waals surface area contributed by atoms with Gasteiger partial charge in [-0.3, -0.25) is 19.9 Å². The van der Waals surface area contributed by atoms with E-state index >= 15 is 0 Å². The molecule has 33 heavy (non-hydrogen) atoms. The van der Waals surface area contributed by atoms with Gasteiger partial charge in [0.2, 0.25) is 12.4 Å². The number of nitrogens with one attached hydrogen (secondary N) is 2. The fourth-order valence-corrected chi connectivity index (χ4v) is 3.91. The molecule has 9 heteroatoms. The van der Waals surface area contributed by atoms with Crippen molar-refractivity contribution in [3.63, 3.8) is 0 Å². The Kier molecular flexibility index (Phi) is 5.06. The molecule has 0 aliphatic heterocycles. The lowest BCUT2D eigenvalue weighted by Crippen LogP contribution is -2.27. The summed E-state index contributed by atoms with van der Waals surface area (Å²) in [6, 6.07) is 15.2. The van der Waals surface area contributed by atoms with Crippen LogP contribution in [0.25, 0.3) is 27.7 Å². The van der Waals surface area contributed by atoms with Crippen LogP contribution in [0.2, 0.25) is 0 Å². The molecular weight excluding hydrogens is 418 g/mol. The summed E-state index contributed by atoms with van der Waals surface area (Å²) in [5.74, 6) is 0.0787. The summed E-state index contributed by atoms with van der Waals surface area (Å²) >= 11 is 0. The molecular formula is C24H21N7O2. The molecule has 1 unspecified atom stereocenters. The minimum atomic E-state index is -0.221. The van der Waals surface area contributed by atoms with Crippen molar-refractivity contribution in [1.29, 1.82) is 0 Å². The van der Waals surface area contributed by atoms with Gasteiger partial charge in [0.15, 0.2) is 5.65 Å². The van der Waals surface area contributed by atoms with E-state index in [0.717, 1.165) is 27.7 Å². The molecule has 1 atom stereocenters. The summed E-state index contributed by atoms with van der Waals surface area (Å²) in [4.78, 5) is 32.4. The Balaban J connectivity index is 1.50. The van der Waals surface area contributed by atoms with E-state index in [2.05, 4.69) is 25.7 Å². The molecule has 9 nitrogen and oxygen atoms in total. The number of carbonyl (C=O) groups excluding carboxylic acids is 2. The maximum absolute atomic E-state index is 13.1. The number of rotatable bonds is 6. The largest absolute Gasteiger partial charge is 0.350 e. The number of benzene rings is 1. The minimum Gasteiger partial charge on any atom is -0.350 e. The number of carbonyl (C=O) groups is 2. The Morgan fingerprint density at radius 3 is 2.76 bits per heavy atom. The quantitative estimate of drug-likeness (QED) is 0.395. The molecule has 2 amide bonds. The highest BCUT2D eigenvalue weighted by atomic mass is 16.1. The van der Waals surface area contributed by atoms with Gasteiger partial charge < -0.3 is 9.88 Å². The molecule has 5 rings (SSSR count). The first-order valence-electron chi connectivity index (χ1n) is 10.4. The molecule has 2 N–H and O–H groups in total. The Hall–Kier alpha value is -4.53. The van der Waals surface area contributed by atoms with Crippen LogP contribution in [0.4, 0.5) is 5.95 Å². The molecule has 0 saturated heterocycles. The van der Waals surface area contributed by atoms with Crippen LogP contribution < -0.4 is 10.6 Å². The van der Waals surface area contributed by atoms with Crippen LogP contribution >= 0.6 is 0 Å². The summed E-state index contributed by atoms with van der Waals surface area (Å²) in [5, 5.41) is 10.5. The van der Waals surface area contributed by atoms with Gasteiger partial charge in [0.05, 0.1) is 17.3 Å². The third-order valence-electron chi connectivity index (χ3n) is 5.57. The van der Waals surface area contributed by atoms with Gasteiger partial charge in [0.1, 0.15) is 0 Å². The van der Waals surface area contributed by atoms with Crippen LogP contribution in [0.5, 0.6) is 0 Å². The molecule has 0 fully saturated rings. The Morgan fingerprint density at radius 2 is 1.97 bits per heavy atom. The van der Waals surface area contributed by atoms with Crippen LogP contribution in [-0.4, -0.2) is 36.5 Å². The first-order chi connectivity index (χ1) is 16.0. The van der Waals surface area contributed by atoms with Crippen molar-refractivity contribution in [2.75, 3.05) is 5.32 Å². The van der Waals surface area contributed by atoms with Crippen LogP contribution in [0.3, 0.4) is 0 Å². The van der Waals surface area contributed by atoms with Crippen molar-refractivity contribution >= 4 is 34.8 Å². The molecule has 1 aromatic carbocycles. The van der Waals surface area contributed by atoms with E-state index in [4.69, 9.17) is 0 Å². The second kappa shape index (κ2) is 8.19. The standard InChI is InChI=1S/C24H21N7O2/c1-15(20-5-3-4-9-25-20)27-23(33)19-13-30(2)21-7-6-16(11-18(19)21)17-8-10-31-22(12-17)28-24(29-31)26-14-32/h3-15H,1-2H3,(H,27,33)(H,26,29,32). The normalized spacial score (nSPS) is 12.1. The van der Waals surface area contributed by atoms with Crippen LogP contribution in [0.15, 0.2) is 67.1 Å². The van der Waals surface area contributed by atoms with Crippen molar-refractivity contribution < 1.29 is 9.59 Å². The maximum Gasteiger partial charge on any atom is 0.253 e. The molecule has 0 aliphatic carbocycles. The first kappa shape index (κ1) is 20.4. The minimum absolute atomic E-state index is 0.159. The number of hydrogen-bond acceptors (Lipinski definition) is 5. The van der Waals surface area contributed by atoms with Gasteiger partial charge in [0, 0.05) is 36.5 Å². The lowest BCUT2D eigenvalue weighted by Gasteiger charge is -2.13. The zero-order valence-corrected chi connectivity index (χ0v) is 18.1. The zero-order valence-electron chi connectivity index (χ0n) is 18.1. The molecule has 0 spiro atoms. The second-order valence-corrected chi connectivity index (χ2v) is 7.75. The highest BCUT2D eigenvalue weighted by molar-refractivity contribution is 6.08. The van der Waals surface area contributed by atoms with Crippen molar-refractivity contribution in [3.05, 3.63) is 78.4 Å². The van der Waals surface area contributed by atoms with E-state index in [1.807, 2.05) is 73.3 Å². The highest BCUT2D eigenvalue weighted by Crippen LogP contribution is 2.29. The molecule has 0 radical (unpaired) electrons. The molecule has 5 aromatic rings.